The highest BCUT2D eigenvalue weighted by molar-refractivity contribution is 6.34. The number of hydrogen-bond acceptors (Lipinski definition) is 3. The molecule has 0 spiro atoms. The van der Waals surface area contributed by atoms with Crippen LogP contribution in [0.15, 0.2) is 36.4 Å². The molecule has 0 N–H and O–H groups in total. The molecule has 0 amide bonds. The minimum atomic E-state index is -0.342. The third kappa shape index (κ3) is 2.17. The maximum Gasteiger partial charge on any atom is 0.161 e. The van der Waals surface area contributed by atoms with Crippen LogP contribution < -0.4 is 0 Å². The van der Waals surface area contributed by atoms with Gasteiger partial charge in [-0.05, 0) is 29.3 Å². The Labute approximate surface area is 125 Å². The molecule has 5 heteroatoms. The first-order valence-electron chi connectivity index (χ1n) is 6.53. The first-order chi connectivity index (χ1) is 10.2. The molecule has 3 aromatic rings. The van der Waals surface area contributed by atoms with Crippen molar-refractivity contribution in [3.63, 3.8) is 0 Å². The second-order valence-electron chi connectivity index (χ2n) is 4.98. The number of nitrogens with zero attached hydrogens (tertiary/aromatic N) is 2. The fourth-order valence-corrected chi connectivity index (χ4v) is 2.74. The highest BCUT2D eigenvalue weighted by atomic mass is 35.5. The van der Waals surface area contributed by atoms with E-state index in [1.54, 1.807) is 6.07 Å². The summed E-state index contributed by atoms with van der Waals surface area (Å²) < 4.78 is 18.8. The van der Waals surface area contributed by atoms with E-state index in [9.17, 15) is 4.39 Å². The van der Waals surface area contributed by atoms with Crippen molar-refractivity contribution in [2.24, 2.45) is 0 Å². The molecule has 104 valence electrons. The van der Waals surface area contributed by atoms with Crippen molar-refractivity contribution in [3.05, 3.63) is 58.5 Å². The van der Waals surface area contributed by atoms with Crippen LogP contribution in [-0.2, 0) is 18.0 Å². The Morgan fingerprint density at radius 2 is 1.86 bits per heavy atom. The second kappa shape index (κ2) is 4.76. The number of aromatic nitrogens is 2. The summed E-state index contributed by atoms with van der Waals surface area (Å²) in [5.74, 6) is 0.151. The predicted molar refractivity (Wildman–Crippen MR) is 78.4 cm³/mol. The molecule has 2 aromatic carbocycles. The minimum Gasteiger partial charge on any atom is -0.372 e. The molecule has 0 saturated carbocycles. The van der Waals surface area contributed by atoms with Crippen LogP contribution in [0.1, 0.15) is 11.1 Å². The van der Waals surface area contributed by atoms with E-state index < -0.39 is 0 Å². The number of hydrogen-bond donors (Lipinski definition) is 0. The third-order valence-corrected chi connectivity index (χ3v) is 3.88. The van der Waals surface area contributed by atoms with Gasteiger partial charge in [-0.1, -0.05) is 23.7 Å². The lowest BCUT2D eigenvalue weighted by Gasteiger charge is -2.06. The van der Waals surface area contributed by atoms with E-state index in [4.69, 9.17) is 16.3 Å². The van der Waals surface area contributed by atoms with Gasteiger partial charge in [0.15, 0.2) is 5.82 Å². The highest BCUT2D eigenvalue weighted by Crippen LogP contribution is 2.28. The Kier molecular flexibility index (Phi) is 2.87. The van der Waals surface area contributed by atoms with Crippen molar-refractivity contribution in [3.8, 4) is 11.4 Å². The van der Waals surface area contributed by atoms with Gasteiger partial charge in [-0.2, -0.15) is 0 Å². The van der Waals surface area contributed by atoms with Crippen molar-refractivity contribution >= 4 is 22.5 Å². The molecule has 1 aliphatic heterocycles. The summed E-state index contributed by atoms with van der Waals surface area (Å²) >= 11 is 6.18. The summed E-state index contributed by atoms with van der Waals surface area (Å²) in [5.41, 5.74) is 3.66. The standard InChI is InChI=1S/C16H10ClFN2O/c17-15-13-4-3-12(18)6-14(13)19-16(20-15)9-1-2-10-7-21-8-11(10)5-9/h1-6H,7-8H2. The van der Waals surface area contributed by atoms with Crippen molar-refractivity contribution in [1.82, 2.24) is 9.97 Å². The largest absolute Gasteiger partial charge is 0.372 e. The number of benzene rings is 2. The number of ether oxygens (including phenoxy) is 1. The van der Waals surface area contributed by atoms with Crippen molar-refractivity contribution in [2.45, 2.75) is 13.2 Å². The Balaban J connectivity index is 1.90. The molecule has 1 aliphatic rings. The summed E-state index contributed by atoms with van der Waals surface area (Å²) in [6, 6.07) is 10.2. The van der Waals surface area contributed by atoms with Crippen LogP contribution in [-0.4, -0.2) is 9.97 Å². The molecule has 0 bridgehead atoms. The Hall–Kier alpha value is -2.04. The van der Waals surface area contributed by atoms with Gasteiger partial charge in [0.05, 0.1) is 18.7 Å². The Morgan fingerprint density at radius 3 is 2.76 bits per heavy atom. The van der Waals surface area contributed by atoms with Crippen molar-refractivity contribution in [2.75, 3.05) is 0 Å². The third-order valence-electron chi connectivity index (χ3n) is 3.59. The van der Waals surface area contributed by atoms with Gasteiger partial charge in [0.25, 0.3) is 0 Å². The second-order valence-corrected chi connectivity index (χ2v) is 5.33. The van der Waals surface area contributed by atoms with E-state index in [-0.39, 0.29) is 5.82 Å². The van der Waals surface area contributed by atoms with Gasteiger partial charge < -0.3 is 4.74 Å². The summed E-state index contributed by atoms with van der Waals surface area (Å²) in [6.07, 6.45) is 0. The highest BCUT2D eigenvalue weighted by Gasteiger charge is 2.14. The summed E-state index contributed by atoms with van der Waals surface area (Å²) in [5, 5.41) is 0.970. The SMILES string of the molecule is Fc1ccc2c(Cl)nc(-c3ccc4c(c3)COC4)nc2c1. The molecular weight excluding hydrogens is 291 g/mol. The van der Waals surface area contributed by atoms with Gasteiger partial charge in [0.1, 0.15) is 11.0 Å². The van der Waals surface area contributed by atoms with Crippen molar-refractivity contribution in [1.29, 1.82) is 0 Å². The van der Waals surface area contributed by atoms with Crippen LogP contribution in [0.3, 0.4) is 0 Å². The normalized spacial score (nSPS) is 13.6. The molecule has 0 fully saturated rings. The molecular formula is C16H10ClFN2O. The van der Waals surface area contributed by atoms with Gasteiger partial charge in [-0.15, -0.1) is 0 Å². The first-order valence-corrected chi connectivity index (χ1v) is 6.91. The lowest BCUT2D eigenvalue weighted by Crippen LogP contribution is -1.94. The average Bonchev–Trinajstić information content (AvgIpc) is 2.94. The average molecular weight is 301 g/mol. The smallest absolute Gasteiger partial charge is 0.161 e. The Bertz CT molecular complexity index is 866. The van der Waals surface area contributed by atoms with Gasteiger partial charge in [-0.25, -0.2) is 14.4 Å². The van der Waals surface area contributed by atoms with E-state index in [0.29, 0.717) is 35.1 Å². The van der Waals surface area contributed by atoms with Gasteiger partial charge in [0, 0.05) is 17.0 Å². The maximum atomic E-state index is 13.4. The Morgan fingerprint density at radius 1 is 1.00 bits per heavy atom. The zero-order valence-electron chi connectivity index (χ0n) is 10.9. The topological polar surface area (TPSA) is 35.0 Å². The quantitative estimate of drug-likeness (QED) is 0.634. The summed E-state index contributed by atoms with van der Waals surface area (Å²) in [4.78, 5) is 8.73. The number of rotatable bonds is 1. The molecule has 3 nitrogen and oxygen atoms in total. The lowest BCUT2D eigenvalue weighted by molar-refractivity contribution is 0.134. The molecule has 4 rings (SSSR count). The van der Waals surface area contributed by atoms with E-state index in [2.05, 4.69) is 9.97 Å². The fraction of sp³-hybridized carbons (Fsp3) is 0.125. The van der Waals surface area contributed by atoms with Crippen LogP contribution >= 0.6 is 11.6 Å². The lowest BCUT2D eigenvalue weighted by atomic mass is 10.1. The van der Waals surface area contributed by atoms with Crippen LogP contribution in [0.5, 0.6) is 0 Å². The molecule has 21 heavy (non-hydrogen) atoms. The van der Waals surface area contributed by atoms with Crippen LogP contribution in [0.2, 0.25) is 5.15 Å². The molecule has 0 radical (unpaired) electrons. The minimum absolute atomic E-state index is 0.326. The molecule has 2 heterocycles. The molecule has 0 saturated heterocycles. The zero-order chi connectivity index (χ0) is 14.4. The van der Waals surface area contributed by atoms with Gasteiger partial charge in [0.2, 0.25) is 0 Å². The van der Waals surface area contributed by atoms with Crippen LogP contribution in [0.25, 0.3) is 22.3 Å². The molecule has 0 aliphatic carbocycles. The van der Waals surface area contributed by atoms with Crippen LogP contribution in [0.4, 0.5) is 4.39 Å². The first kappa shape index (κ1) is 12.7. The molecule has 0 atom stereocenters. The van der Waals surface area contributed by atoms with E-state index in [1.807, 2.05) is 18.2 Å². The van der Waals surface area contributed by atoms with Crippen LogP contribution in [0, 0.1) is 5.82 Å². The van der Waals surface area contributed by atoms with Crippen molar-refractivity contribution < 1.29 is 9.13 Å². The maximum absolute atomic E-state index is 13.4. The summed E-state index contributed by atoms with van der Waals surface area (Å²) in [6.45, 7) is 1.24. The van der Waals surface area contributed by atoms with Gasteiger partial charge in [-0.3, -0.25) is 0 Å². The monoisotopic (exact) mass is 300 g/mol. The fourth-order valence-electron chi connectivity index (χ4n) is 2.50. The summed E-state index contributed by atoms with van der Waals surface area (Å²) in [7, 11) is 0. The van der Waals surface area contributed by atoms with E-state index in [1.165, 1.54) is 17.7 Å². The predicted octanol–water partition coefficient (Wildman–Crippen LogP) is 4.12. The number of fused-ring (bicyclic) bond motifs is 2. The van der Waals surface area contributed by atoms with E-state index >= 15 is 0 Å². The van der Waals surface area contributed by atoms with E-state index in [0.717, 1.165) is 11.1 Å². The molecule has 0 unspecified atom stereocenters. The number of halogens is 2. The molecule has 1 aromatic heterocycles. The van der Waals surface area contributed by atoms with Gasteiger partial charge >= 0.3 is 0 Å². The zero-order valence-corrected chi connectivity index (χ0v) is 11.7.